The topological polar surface area (TPSA) is 190 Å². The predicted molar refractivity (Wildman–Crippen MR) is 147 cm³/mol. The molecule has 0 aliphatic heterocycles. The molecule has 1 atom stereocenters. The fraction of sp³-hybridized carbons (Fsp3) is 0.500. The van der Waals surface area contributed by atoms with Crippen LogP contribution in [-0.4, -0.2) is 70.0 Å². The van der Waals surface area contributed by atoms with Crippen LogP contribution < -0.4 is 26.7 Å². The average Bonchev–Trinajstić information content (AvgIpc) is 2.93. The summed E-state index contributed by atoms with van der Waals surface area (Å²) in [6, 6.07) is 6.68. The van der Waals surface area contributed by atoms with Gasteiger partial charge in [0.05, 0.1) is 19.1 Å². The number of aliphatic imine (C=N–C) groups is 1. The summed E-state index contributed by atoms with van der Waals surface area (Å²) < 4.78 is 44.7. The Labute approximate surface area is 228 Å². The first-order valence-corrected chi connectivity index (χ1v) is 14.2. The third kappa shape index (κ3) is 7.80. The van der Waals surface area contributed by atoms with Crippen molar-refractivity contribution >= 4 is 38.7 Å². The summed E-state index contributed by atoms with van der Waals surface area (Å²) in [4.78, 5) is 29.0. The highest BCUT2D eigenvalue weighted by atomic mass is 32.2. The zero-order chi connectivity index (χ0) is 28.6. The van der Waals surface area contributed by atoms with Crippen LogP contribution in [-0.2, 0) is 24.3 Å². The maximum absolute atomic E-state index is 13.9. The predicted octanol–water partition coefficient (Wildman–Crippen LogP) is 1.63. The molecule has 2 aromatic carbocycles. The number of hydrogen-bond acceptors (Lipinski definition) is 9. The van der Waals surface area contributed by atoms with E-state index in [2.05, 4.69) is 4.99 Å². The van der Waals surface area contributed by atoms with E-state index in [1.54, 1.807) is 18.2 Å². The van der Waals surface area contributed by atoms with E-state index < -0.39 is 40.6 Å². The average molecular weight is 564 g/mol. The zero-order valence-electron chi connectivity index (χ0n) is 22.3. The molecule has 0 bridgehead atoms. The summed E-state index contributed by atoms with van der Waals surface area (Å²) in [6.45, 7) is -0.352. The van der Waals surface area contributed by atoms with Gasteiger partial charge in [-0.3, -0.25) is 9.79 Å². The number of sulfonamides is 1. The number of rotatable bonds is 12. The van der Waals surface area contributed by atoms with Crippen molar-refractivity contribution in [3.05, 3.63) is 30.3 Å². The number of benzene rings is 2. The van der Waals surface area contributed by atoms with Crippen molar-refractivity contribution in [1.29, 1.82) is 0 Å². The van der Waals surface area contributed by atoms with Crippen LogP contribution in [0.5, 0.6) is 11.5 Å². The molecule has 12 nitrogen and oxygen atoms in total. The van der Waals surface area contributed by atoms with Gasteiger partial charge in [-0.25, -0.2) is 13.2 Å². The van der Waals surface area contributed by atoms with Crippen LogP contribution in [0.3, 0.4) is 0 Å². The molecule has 3 rings (SSSR count). The Bertz CT molecular complexity index is 1310. The Morgan fingerprint density at radius 2 is 1.79 bits per heavy atom. The van der Waals surface area contributed by atoms with Gasteiger partial charge >= 0.3 is 11.9 Å². The maximum atomic E-state index is 13.9. The fourth-order valence-corrected chi connectivity index (χ4v) is 6.30. The molecule has 6 N–H and O–H groups in total. The molecule has 13 heteroatoms. The molecule has 39 heavy (non-hydrogen) atoms. The molecule has 0 spiro atoms. The lowest BCUT2D eigenvalue weighted by Crippen LogP contribution is -2.45. The number of guanidine groups is 1. The highest BCUT2D eigenvalue weighted by Crippen LogP contribution is 2.35. The van der Waals surface area contributed by atoms with Gasteiger partial charge in [0.1, 0.15) is 24.1 Å². The normalized spacial score (nSPS) is 15.1. The number of carbonyl (C=O) groups is 2. The summed E-state index contributed by atoms with van der Waals surface area (Å²) in [7, 11) is -1.19. The van der Waals surface area contributed by atoms with Crippen molar-refractivity contribution in [2.24, 2.45) is 22.2 Å². The molecular weight excluding hydrogens is 526 g/mol. The summed E-state index contributed by atoms with van der Waals surface area (Å²) >= 11 is 0. The van der Waals surface area contributed by atoms with E-state index in [1.165, 1.54) is 26.4 Å². The van der Waals surface area contributed by atoms with E-state index in [-0.39, 0.29) is 23.8 Å². The lowest BCUT2D eigenvalue weighted by atomic mass is 9.95. The van der Waals surface area contributed by atoms with Gasteiger partial charge in [0.15, 0.2) is 5.96 Å². The molecule has 0 unspecified atom stereocenters. The molecule has 0 saturated heterocycles. The Balaban J connectivity index is 1.84. The quantitative estimate of drug-likeness (QED) is 0.112. The molecule has 0 amide bonds. The van der Waals surface area contributed by atoms with Gasteiger partial charge < -0.3 is 31.4 Å². The standard InChI is InChI=1S/C26H37N5O7S/c1-36-19-11-10-17-13-20(15-23(37-2)21(17)14-19)39(34,35)31(18-7-4-3-5-8-18)16-24(32)38-25(33)22(27)9-6-12-30-26(28)29/h10-11,13-15,18,22H,3-9,12,16,27H2,1-2H3,(H4,28,29,30)/t22-/m0/s1. The van der Waals surface area contributed by atoms with Crippen molar-refractivity contribution < 1.29 is 32.2 Å². The van der Waals surface area contributed by atoms with Crippen LogP contribution in [0.15, 0.2) is 40.2 Å². The van der Waals surface area contributed by atoms with Crippen molar-refractivity contribution in [2.75, 3.05) is 27.3 Å². The van der Waals surface area contributed by atoms with Gasteiger partial charge in [0.25, 0.3) is 0 Å². The first kappa shape index (κ1) is 30.1. The van der Waals surface area contributed by atoms with Gasteiger partial charge in [0.2, 0.25) is 10.0 Å². The van der Waals surface area contributed by atoms with Gasteiger partial charge in [0, 0.05) is 24.0 Å². The minimum Gasteiger partial charge on any atom is -0.497 e. The van der Waals surface area contributed by atoms with Crippen LogP contribution in [0.4, 0.5) is 0 Å². The molecule has 1 saturated carbocycles. The summed E-state index contributed by atoms with van der Waals surface area (Å²) in [5, 5.41) is 1.31. The Hall–Kier alpha value is -3.42. The van der Waals surface area contributed by atoms with Gasteiger partial charge in [-0.05, 0) is 49.3 Å². The number of methoxy groups -OCH3 is 2. The second-order valence-electron chi connectivity index (χ2n) is 9.40. The van der Waals surface area contributed by atoms with E-state index in [0.29, 0.717) is 41.5 Å². The minimum absolute atomic E-state index is 0.0295. The molecule has 1 aliphatic carbocycles. The molecule has 1 aliphatic rings. The number of hydrogen-bond donors (Lipinski definition) is 3. The zero-order valence-corrected chi connectivity index (χ0v) is 23.1. The number of ether oxygens (including phenoxy) is 3. The minimum atomic E-state index is -4.18. The second kappa shape index (κ2) is 13.6. The van der Waals surface area contributed by atoms with Crippen molar-refractivity contribution in [3.63, 3.8) is 0 Å². The third-order valence-corrected chi connectivity index (χ3v) is 8.55. The van der Waals surface area contributed by atoms with Gasteiger partial charge in [-0.15, -0.1) is 0 Å². The monoisotopic (exact) mass is 563 g/mol. The molecule has 2 aromatic rings. The van der Waals surface area contributed by atoms with Crippen LogP contribution in [0.1, 0.15) is 44.9 Å². The highest BCUT2D eigenvalue weighted by molar-refractivity contribution is 7.89. The molecule has 0 radical (unpaired) electrons. The Morgan fingerprint density at radius 3 is 2.44 bits per heavy atom. The van der Waals surface area contributed by atoms with E-state index >= 15 is 0 Å². The number of fused-ring (bicyclic) bond motifs is 1. The SMILES string of the molecule is COc1ccc2cc(S(=O)(=O)N(CC(=O)OC(=O)[C@@H](N)CCCN=C(N)N)C3CCCCC3)cc(OC)c2c1. The van der Waals surface area contributed by atoms with E-state index in [0.717, 1.165) is 23.6 Å². The van der Waals surface area contributed by atoms with E-state index in [9.17, 15) is 18.0 Å². The smallest absolute Gasteiger partial charge is 0.330 e. The number of nitrogens with two attached hydrogens (primary N) is 3. The third-order valence-electron chi connectivity index (χ3n) is 6.68. The number of esters is 2. The fourth-order valence-electron chi connectivity index (χ4n) is 4.62. The molecule has 0 heterocycles. The largest absolute Gasteiger partial charge is 0.497 e. The van der Waals surface area contributed by atoms with E-state index in [1.807, 2.05) is 0 Å². The first-order chi connectivity index (χ1) is 18.6. The van der Waals surface area contributed by atoms with Crippen LogP contribution in [0.2, 0.25) is 0 Å². The molecule has 1 fully saturated rings. The summed E-state index contributed by atoms with van der Waals surface area (Å²) in [6.07, 6.45) is 4.40. The Morgan fingerprint density at radius 1 is 1.08 bits per heavy atom. The first-order valence-electron chi connectivity index (χ1n) is 12.8. The van der Waals surface area contributed by atoms with Crippen LogP contribution in [0.25, 0.3) is 10.8 Å². The number of nitrogens with zero attached hydrogens (tertiary/aromatic N) is 2. The molecule has 214 valence electrons. The molecule has 0 aromatic heterocycles. The molecular formula is C26H37N5O7S. The second-order valence-corrected chi connectivity index (χ2v) is 11.3. The lowest BCUT2D eigenvalue weighted by Gasteiger charge is -2.32. The maximum Gasteiger partial charge on any atom is 0.330 e. The summed E-state index contributed by atoms with van der Waals surface area (Å²) in [5.74, 6) is -1.06. The van der Waals surface area contributed by atoms with E-state index in [4.69, 9.17) is 31.4 Å². The number of carbonyl (C=O) groups excluding carboxylic acids is 2. The van der Waals surface area contributed by atoms with Crippen LogP contribution >= 0.6 is 0 Å². The van der Waals surface area contributed by atoms with Crippen LogP contribution in [0, 0.1) is 0 Å². The highest BCUT2D eigenvalue weighted by Gasteiger charge is 2.36. The van der Waals surface area contributed by atoms with Crippen molar-refractivity contribution in [1.82, 2.24) is 4.31 Å². The van der Waals surface area contributed by atoms with Crippen molar-refractivity contribution in [3.8, 4) is 11.5 Å². The lowest BCUT2D eigenvalue weighted by molar-refractivity contribution is -0.161. The van der Waals surface area contributed by atoms with Gasteiger partial charge in [-0.2, -0.15) is 4.31 Å². The Kier molecular flexibility index (Phi) is 10.5. The van der Waals surface area contributed by atoms with Crippen molar-refractivity contribution in [2.45, 2.75) is 61.9 Å². The van der Waals surface area contributed by atoms with Gasteiger partial charge in [-0.1, -0.05) is 25.3 Å². The summed E-state index contributed by atoms with van der Waals surface area (Å²) in [5.41, 5.74) is 16.4.